The van der Waals surface area contributed by atoms with Crippen LogP contribution in [0.4, 0.5) is 0 Å². The van der Waals surface area contributed by atoms with Crippen molar-refractivity contribution in [1.82, 2.24) is 10.6 Å². The SMILES string of the molecule is CCOC(=O)C1CC2CC(C1NC(=S)NC(C)c1ccc(OC)c(OC)c1)C2(C)C. The monoisotopic (exact) mass is 434 g/mol. The van der Waals surface area contributed by atoms with Gasteiger partial charge in [-0.2, -0.15) is 0 Å². The molecule has 6 nitrogen and oxygen atoms in total. The van der Waals surface area contributed by atoms with Crippen molar-refractivity contribution in [2.45, 2.75) is 52.6 Å². The topological polar surface area (TPSA) is 68.8 Å². The molecular formula is C23H34N2O4S. The molecule has 166 valence electrons. The molecule has 5 unspecified atom stereocenters. The molecule has 2 bridgehead atoms. The molecule has 3 saturated carbocycles. The molecule has 0 radical (unpaired) electrons. The number of carbonyl (C=O) groups excluding carboxylic acids is 1. The van der Waals surface area contributed by atoms with E-state index in [2.05, 4.69) is 24.5 Å². The van der Waals surface area contributed by atoms with Crippen LogP contribution in [0, 0.1) is 23.2 Å². The lowest BCUT2D eigenvalue weighted by Crippen LogP contribution is -2.65. The minimum Gasteiger partial charge on any atom is -0.493 e. The minimum absolute atomic E-state index is 0.0124. The fourth-order valence-corrected chi connectivity index (χ4v) is 5.40. The molecule has 0 spiro atoms. The van der Waals surface area contributed by atoms with Crippen LogP contribution in [0.15, 0.2) is 18.2 Å². The fourth-order valence-electron chi connectivity index (χ4n) is 5.09. The normalized spacial score (nSPS) is 27.3. The van der Waals surface area contributed by atoms with Crippen LogP contribution in [0.3, 0.4) is 0 Å². The number of methoxy groups -OCH3 is 2. The Hall–Kier alpha value is -2.02. The number of rotatable bonds is 7. The van der Waals surface area contributed by atoms with Crippen molar-refractivity contribution in [3.05, 3.63) is 23.8 Å². The highest BCUT2D eigenvalue weighted by molar-refractivity contribution is 7.80. The number of esters is 1. The zero-order valence-corrected chi connectivity index (χ0v) is 19.6. The number of thiocarbonyl (C=S) groups is 1. The van der Waals surface area contributed by atoms with Gasteiger partial charge in [0.25, 0.3) is 0 Å². The van der Waals surface area contributed by atoms with Crippen molar-refractivity contribution < 1.29 is 19.0 Å². The lowest BCUT2D eigenvalue weighted by atomic mass is 9.45. The maximum atomic E-state index is 12.6. The Bertz CT molecular complexity index is 797. The summed E-state index contributed by atoms with van der Waals surface area (Å²) in [6, 6.07) is 5.78. The third-order valence-corrected chi connectivity index (χ3v) is 7.33. The van der Waals surface area contributed by atoms with E-state index in [0.717, 1.165) is 18.4 Å². The van der Waals surface area contributed by atoms with Gasteiger partial charge in [-0.1, -0.05) is 19.9 Å². The maximum Gasteiger partial charge on any atom is 0.311 e. The molecule has 1 aromatic rings. The molecule has 0 aromatic heterocycles. The molecule has 3 aliphatic rings. The summed E-state index contributed by atoms with van der Waals surface area (Å²) in [5.74, 6) is 2.08. The van der Waals surface area contributed by atoms with Crippen LogP contribution >= 0.6 is 12.2 Å². The van der Waals surface area contributed by atoms with E-state index >= 15 is 0 Å². The summed E-state index contributed by atoms with van der Waals surface area (Å²) in [5.41, 5.74) is 1.25. The number of hydrogen-bond acceptors (Lipinski definition) is 5. The number of ether oxygens (including phenoxy) is 3. The van der Waals surface area contributed by atoms with E-state index in [0.29, 0.717) is 35.1 Å². The second-order valence-electron chi connectivity index (χ2n) is 8.93. The van der Waals surface area contributed by atoms with Gasteiger partial charge in [-0.15, -0.1) is 0 Å². The molecule has 30 heavy (non-hydrogen) atoms. The smallest absolute Gasteiger partial charge is 0.311 e. The summed E-state index contributed by atoms with van der Waals surface area (Å²) >= 11 is 5.64. The summed E-state index contributed by atoms with van der Waals surface area (Å²) in [4.78, 5) is 12.6. The van der Waals surface area contributed by atoms with E-state index in [9.17, 15) is 4.79 Å². The molecule has 1 aromatic carbocycles. The highest BCUT2D eigenvalue weighted by Crippen LogP contribution is 2.60. The Kier molecular flexibility index (Phi) is 6.80. The molecule has 0 saturated heterocycles. The summed E-state index contributed by atoms with van der Waals surface area (Å²) in [5, 5.41) is 7.38. The number of fused-ring (bicyclic) bond motifs is 2. The van der Waals surface area contributed by atoms with Crippen molar-refractivity contribution in [2.24, 2.45) is 23.2 Å². The third-order valence-electron chi connectivity index (χ3n) is 7.09. The average molecular weight is 435 g/mol. The number of nitrogens with one attached hydrogen (secondary N) is 2. The predicted molar refractivity (Wildman–Crippen MR) is 121 cm³/mol. The second kappa shape index (κ2) is 9.00. The van der Waals surface area contributed by atoms with Gasteiger partial charge < -0.3 is 24.8 Å². The fraction of sp³-hybridized carbons (Fsp3) is 0.652. The first-order valence-electron chi connectivity index (χ1n) is 10.7. The van der Waals surface area contributed by atoms with Crippen LogP contribution in [-0.4, -0.2) is 38.0 Å². The first kappa shape index (κ1) is 22.7. The van der Waals surface area contributed by atoms with Crippen molar-refractivity contribution in [3.63, 3.8) is 0 Å². The van der Waals surface area contributed by atoms with Crippen molar-refractivity contribution >= 4 is 23.3 Å². The van der Waals surface area contributed by atoms with Crippen molar-refractivity contribution in [1.29, 1.82) is 0 Å². The second-order valence-corrected chi connectivity index (χ2v) is 9.34. The quantitative estimate of drug-likeness (QED) is 0.499. The maximum absolute atomic E-state index is 12.6. The first-order valence-corrected chi connectivity index (χ1v) is 11.1. The Morgan fingerprint density at radius 3 is 2.53 bits per heavy atom. The molecule has 4 rings (SSSR count). The van der Waals surface area contributed by atoms with E-state index in [1.165, 1.54) is 0 Å². The molecule has 3 fully saturated rings. The van der Waals surface area contributed by atoms with Gasteiger partial charge in [0.15, 0.2) is 16.6 Å². The largest absolute Gasteiger partial charge is 0.493 e. The lowest BCUT2D eigenvalue weighted by molar-refractivity contribution is -0.166. The van der Waals surface area contributed by atoms with Crippen molar-refractivity contribution in [2.75, 3.05) is 20.8 Å². The van der Waals surface area contributed by atoms with Gasteiger partial charge in [0.2, 0.25) is 0 Å². The summed E-state index contributed by atoms with van der Waals surface area (Å²) in [6.45, 7) is 8.89. The van der Waals surface area contributed by atoms with Gasteiger partial charge in [0, 0.05) is 6.04 Å². The van der Waals surface area contributed by atoms with Gasteiger partial charge in [-0.05, 0) is 73.9 Å². The number of benzene rings is 1. The molecule has 3 aliphatic carbocycles. The summed E-state index contributed by atoms with van der Waals surface area (Å²) in [6.07, 6.45) is 1.99. The molecule has 0 heterocycles. The van der Waals surface area contributed by atoms with Crippen LogP contribution in [0.2, 0.25) is 0 Å². The number of hydrogen-bond donors (Lipinski definition) is 2. The Balaban J connectivity index is 1.69. The van der Waals surface area contributed by atoms with Crippen LogP contribution in [-0.2, 0) is 9.53 Å². The van der Waals surface area contributed by atoms with Gasteiger partial charge in [-0.3, -0.25) is 4.79 Å². The van der Waals surface area contributed by atoms with Crippen LogP contribution in [0.5, 0.6) is 11.5 Å². The van der Waals surface area contributed by atoms with E-state index in [-0.39, 0.29) is 29.4 Å². The molecular weight excluding hydrogens is 400 g/mol. The lowest BCUT2D eigenvalue weighted by Gasteiger charge is -2.62. The van der Waals surface area contributed by atoms with E-state index in [4.69, 9.17) is 26.4 Å². The molecule has 2 N–H and O–H groups in total. The highest BCUT2D eigenvalue weighted by atomic mass is 32.1. The molecule has 5 atom stereocenters. The summed E-state index contributed by atoms with van der Waals surface area (Å²) in [7, 11) is 3.24. The zero-order chi connectivity index (χ0) is 22.1. The van der Waals surface area contributed by atoms with Gasteiger partial charge >= 0.3 is 5.97 Å². The van der Waals surface area contributed by atoms with E-state index < -0.39 is 0 Å². The van der Waals surface area contributed by atoms with Gasteiger partial charge in [-0.25, -0.2) is 0 Å². The Morgan fingerprint density at radius 1 is 1.23 bits per heavy atom. The average Bonchev–Trinajstić information content (AvgIpc) is 2.72. The van der Waals surface area contributed by atoms with Gasteiger partial charge in [0.05, 0.1) is 32.8 Å². The predicted octanol–water partition coefficient (Wildman–Crippen LogP) is 3.84. The highest BCUT2D eigenvalue weighted by Gasteiger charge is 2.59. The Labute approximate surface area is 185 Å². The van der Waals surface area contributed by atoms with Crippen LogP contribution in [0.1, 0.15) is 52.1 Å². The third kappa shape index (κ3) is 4.22. The summed E-state index contributed by atoms with van der Waals surface area (Å²) < 4.78 is 16.1. The first-order chi connectivity index (χ1) is 14.2. The molecule has 7 heteroatoms. The Morgan fingerprint density at radius 2 is 1.93 bits per heavy atom. The van der Waals surface area contributed by atoms with Crippen molar-refractivity contribution in [3.8, 4) is 11.5 Å². The molecule has 0 amide bonds. The standard InChI is InChI=1S/C23H34N2O4S/c1-7-29-21(26)16-11-15-12-17(23(15,3)4)20(16)25-22(30)24-13(2)14-8-9-18(27-5)19(10-14)28-6/h8-10,13,15-17,20H,7,11-12H2,1-6H3,(H2,24,25,30). The van der Waals surface area contributed by atoms with Gasteiger partial charge in [0.1, 0.15) is 0 Å². The molecule has 0 aliphatic heterocycles. The number of carbonyl (C=O) groups is 1. The van der Waals surface area contributed by atoms with E-state index in [1.54, 1.807) is 14.2 Å². The van der Waals surface area contributed by atoms with Crippen LogP contribution in [0.25, 0.3) is 0 Å². The minimum atomic E-state index is -0.155. The van der Waals surface area contributed by atoms with Crippen LogP contribution < -0.4 is 20.1 Å². The zero-order valence-electron chi connectivity index (χ0n) is 18.8. The van der Waals surface area contributed by atoms with E-state index in [1.807, 2.05) is 32.0 Å².